The lowest BCUT2D eigenvalue weighted by Gasteiger charge is -2.39. The second-order valence-corrected chi connectivity index (χ2v) is 19.8. The first-order valence-electron chi connectivity index (χ1n) is 25.8. The molecule has 0 saturated carbocycles. The summed E-state index contributed by atoms with van der Waals surface area (Å²) < 4.78 is 11.6. The van der Waals surface area contributed by atoms with Gasteiger partial charge in [0.1, 0.15) is 11.5 Å². The number of hydrogen-bond donors (Lipinski definition) is 0. The first-order chi connectivity index (χ1) is 37.7. The molecule has 0 amide bonds. The maximum absolute atomic E-state index is 6.75. The Hall–Kier alpha value is -10.2. The predicted molar refractivity (Wildman–Crippen MR) is 308 cm³/mol. The summed E-state index contributed by atoms with van der Waals surface area (Å²) in [6.45, 7) is 0. The molecule has 0 N–H and O–H groups in total. The quantitative estimate of drug-likeness (QED) is 0.167. The fraction of sp³-hybridized carbons (Fsp3) is 0.0143. The van der Waals surface area contributed by atoms with Crippen molar-refractivity contribution < 1.29 is 4.74 Å². The van der Waals surface area contributed by atoms with Gasteiger partial charge in [-0.2, -0.15) is 0 Å². The topological polar surface area (TPSA) is 57.8 Å². The molecule has 0 unspecified atom stereocenters. The SMILES string of the molecule is c1ccc(-c2nc(-c3ccccc3)nc(-c3cccc4c3-c3cc(-c5ccc(-n6c7ccccc7c7cc8c(cc76)c6ccccc6n8-c6ccccc6)cc5)ccc3C43c4ccccc4Oc4ccccc43)n2)cc1. The van der Waals surface area contributed by atoms with Gasteiger partial charge in [0.2, 0.25) is 0 Å². The molecule has 0 atom stereocenters. The van der Waals surface area contributed by atoms with Gasteiger partial charge in [-0.05, 0) is 100 Å². The summed E-state index contributed by atoms with van der Waals surface area (Å²) in [6.07, 6.45) is 0. The molecule has 0 saturated heterocycles. The zero-order valence-corrected chi connectivity index (χ0v) is 41.0. The van der Waals surface area contributed by atoms with E-state index in [2.05, 4.69) is 234 Å². The van der Waals surface area contributed by atoms with E-state index in [0.29, 0.717) is 17.5 Å². The highest BCUT2D eigenvalue weighted by Gasteiger charge is 2.52. The molecule has 6 nitrogen and oxygen atoms in total. The van der Waals surface area contributed by atoms with E-state index in [0.717, 1.165) is 78.5 Å². The summed E-state index contributed by atoms with van der Waals surface area (Å²) in [5.74, 6) is 3.55. The molecule has 1 aliphatic carbocycles. The average Bonchev–Trinajstić information content (AvgIpc) is 4.18. The zero-order chi connectivity index (χ0) is 49.9. The zero-order valence-electron chi connectivity index (χ0n) is 41.0. The van der Waals surface area contributed by atoms with Crippen LogP contribution in [0.3, 0.4) is 0 Å². The fourth-order valence-corrected chi connectivity index (χ4v) is 12.6. The molecule has 0 fully saturated rings. The molecule has 14 aromatic rings. The summed E-state index contributed by atoms with van der Waals surface area (Å²) >= 11 is 0. The molecule has 6 heteroatoms. The van der Waals surface area contributed by atoms with Crippen LogP contribution in [0.25, 0.3) is 111 Å². The summed E-state index contributed by atoms with van der Waals surface area (Å²) in [7, 11) is 0. The van der Waals surface area contributed by atoms with E-state index in [1.54, 1.807) is 0 Å². The lowest BCUT2D eigenvalue weighted by molar-refractivity contribution is 0.436. The number of rotatable bonds is 6. The molecule has 4 heterocycles. The Kier molecular flexibility index (Phi) is 9.15. The molecule has 3 aromatic heterocycles. The molecule has 76 heavy (non-hydrogen) atoms. The van der Waals surface area contributed by atoms with Gasteiger partial charge < -0.3 is 13.9 Å². The van der Waals surface area contributed by atoms with Crippen molar-refractivity contribution in [1.82, 2.24) is 24.1 Å². The normalized spacial score (nSPS) is 12.9. The Morgan fingerprint density at radius 1 is 0.289 bits per heavy atom. The van der Waals surface area contributed by atoms with Crippen molar-refractivity contribution in [3.8, 4) is 79.3 Å². The number of ether oxygens (including phenoxy) is 1. The Morgan fingerprint density at radius 3 is 1.36 bits per heavy atom. The van der Waals surface area contributed by atoms with Crippen LogP contribution >= 0.6 is 0 Å². The first kappa shape index (κ1) is 42.3. The average molecular weight is 970 g/mol. The van der Waals surface area contributed by atoms with Crippen LogP contribution in [0.1, 0.15) is 22.3 Å². The minimum atomic E-state index is -0.693. The van der Waals surface area contributed by atoms with Gasteiger partial charge in [0.15, 0.2) is 17.5 Å². The maximum atomic E-state index is 6.75. The number of aromatic nitrogens is 5. The van der Waals surface area contributed by atoms with Crippen LogP contribution in [0.2, 0.25) is 0 Å². The molecular weight excluding hydrogens is 927 g/mol. The van der Waals surface area contributed by atoms with Crippen molar-refractivity contribution >= 4 is 43.6 Å². The van der Waals surface area contributed by atoms with Crippen molar-refractivity contribution in [3.05, 3.63) is 283 Å². The fourth-order valence-electron chi connectivity index (χ4n) is 12.6. The van der Waals surface area contributed by atoms with Crippen molar-refractivity contribution in [2.24, 2.45) is 0 Å². The Bertz CT molecular complexity index is 4550. The number of nitrogens with zero attached hydrogens (tertiary/aromatic N) is 5. The maximum Gasteiger partial charge on any atom is 0.164 e. The third kappa shape index (κ3) is 6.12. The molecule has 2 aliphatic rings. The number of para-hydroxylation sites is 5. The van der Waals surface area contributed by atoms with E-state index in [1.807, 2.05) is 36.4 Å². The Labute approximate surface area is 438 Å². The molecule has 1 spiro atoms. The molecule has 354 valence electrons. The summed E-state index contributed by atoms with van der Waals surface area (Å²) in [5, 5.41) is 4.89. The van der Waals surface area contributed by atoms with Crippen LogP contribution in [0.4, 0.5) is 0 Å². The van der Waals surface area contributed by atoms with Gasteiger partial charge >= 0.3 is 0 Å². The van der Waals surface area contributed by atoms with Crippen LogP contribution in [0.15, 0.2) is 261 Å². The molecule has 0 radical (unpaired) electrons. The van der Waals surface area contributed by atoms with Crippen LogP contribution < -0.4 is 4.74 Å². The van der Waals surface area contributed by atoms with E-state index < -0.39 is 5.41 Å². The third-order valence-electron chi connectivity index (χ3n) is 15.8. The van der Waals surface area contributed by atoms with Crippen molar-refractivity contribution in [2.75, 3.05) is 0 Å². The van der Waals surface area contributed by atoms with Gasteiger partial charge in [-0.3, -0.25) is 0 Å². The van der Waals surface area contributed by atoms with Gasteiger partial charge in [0.05, 0.1) is 27.5 Å². The van der Waals surface area contributed by atoms with E-state index >= 15 is 0 Å². The third-order valence-corrected chi connectivity index (χ3v) is 15.8. The van der Waals surface area contributed by atoms with Crippen LogP contribution in [0.5, 0.6) is 11.5 Å². The number of hydrogen-bond acceptors (Lipinski definition) is 4. The van der Waals surface area contributed by atoms with Crippen molar-refractivity contribution in [2.45, 2.75) is 5.41 Å². The standard InChI is InChI=1S/C70H43N5O/c1-4-19-45(20-5-1)67-71-68(46-21-6-2-7-22-46)73-69(72-67)52-27-18-30-59-66(52)55-41-47(37-40-56(55)70(59)57-28-12-16-33-64(57)76-65-34-17-13-29-58(65)70)44-35-38-49(39-36-44)75-61-32-15-11-26-51(61)54-42-62-53(43-63(54)75)50-25-10-14-31-60(50)74(62)48-23-8-3-9-24-48/h1-43H. The Morgan fingerprint density at radius 2 is 0.763 bits per heavy atom. The van der Waals surface area contributed by atoms with E-state index in [4.69, 9.17) is 19.7 Å². The van der Waals surface area contributed by atoms with Gasteiger partial charge in [0, 0.05) is 60.7 Å². The van der Waals surface area contributed by atoms with Gasteiger partial charge in [-0.25, -0.2) is 15.0 Å². The first-order valence-corrected chi connectivity index (χ1v) is 25.8. The number of benzene rings is 11. The van der Waals surface area contributed by atoms with E-state index in [-0.39, 0.29) is 0 Å². The van der Waals surface area contributed by atoms with Gasteiger partial charge in [0.25, 0.3) is 0 Å². The smallest absolute Gasteiger partial charge is 0.164 e. The molecule has 16 rings (SSSR count). The van der Waals surface area contributed by atoms with Crippen LogP contribution in [0, 0.1) is 0 Å². The lowest BCUT2D eigenvalue weighted by atomic mass is 9.66. The highest BCUT2D eigenvalue weighted by Crippen LogP contribution is 2.63. The highest BCUT2D eigenvalue weighted by molar-refractivity contribution is 6.19. The van der Waals surface area contributed by atoms with E-state index in [9.17, 15) is 0 Å². The summed E-state index contributed by atoms with van der Waals surface area (Å²) in [6, 6.07) is 93.3. The Balaban J connectivity index is 0.896. The second-order valence-electron chi connectivity index (χ2n) is 19.8. The molecular formula is C70H43N5O. The van der Waals surface area contributed by atoms with Crippen molar-refractivity contribution in [1.29, 1.82) is 0 Å². The lowest BCUT2D eigenvalue weighted by Crippen LogP contribution is -2.32. The number of fused-ring (bicyclic) bond motifs is 15. The largest absolute Gasteiger partial charge is 0.457 e. The minimum absolute atomic E-state index is 0.615. The monoisotopic (exact) mass is 969 g/mol. The molecule has 0 bridgehead atoms. The van der Waals surface area contributed by atoms with Gasteiger partial charge in [-0.15, -0.1) is 0 Å². The second kappa shape index (κ2) is 16.4. The minimum Gasteiger partial charge on any atom is -0.457 e. The van der Waals surface area contributed by atoms with Gasteiger partial charge in [-0.1, -0.05) is 194 Å². The highest BCUT2D eigenvalue weighted by atomic mass is 16.5. The van der Waals surface area contributed by atoms with E-state index in [1.165, 1.54) is 49.2 Å². The van der Waals surface area contributed by atoms with Crippen molar-refractivity contribution in [3.63, 3.8) is 0 Å². The van der Waals surface area contributed by atoms with Crippen LogP contribution in [-0.4, -0.2) is 24.1 Å². The molecule has 1 aliphatic heterocycles. The van der Waals surface area contributed by atoms with Crippen LogP contribution in [-0.2, 0) is 5.41 Å². The predicted octanol–water partition coefficient (Wildman–Crippen LogP) is 17.2. The summed E-state index contributed by atoms with van der Waals surface area (Å²) in [5.41, 5.74) is 18.1. The molecule has 11 aromatic carbocycles. The summed E-state index contributed by atoms with van der Waals surface area (Å²) in [4.78, 5) is 15.7.